The second-order valence-corrected chi connectivity index (χ2v) is 24.2. The Morgan fingerprint density at radius 1 is 0.247 bits per heavy atom. The Hall–Kier alpha value is -1.85. The van der Waals surface area contributed by atoms with Crippen LogP contribution in [0.15, 0.2) is 12.2 Å². The van der Waals surface area contributed by atoms with Gasteiger partial charge in [-0.1, -0.05) is 354 Å². The first-order valence-electron chi connectivity index (χ1n) is 35.2. The van der Waals surface area contributed by atoms with Gasteiger partial charge in [-0.15, -0.1) is 0 Å². The molecular weight excluding hydrogens is 949 g/mol. The van der Waals surface area contributed by atoms with E-state index in [1.165, 1.54) is 308 Å². The molecule has 0 N–H and O–H groups in total. The van der Waals surface area contributed by atoms with Crippen LogP contribution in [0.3, 0.4) is 0 Å². The highest BCUT2D eigenvalue weighted by atomic mass is 16.6. The summed E-state index contributed by atoms with van der Waals surface area (Å²) in [7, 11) is 0. The highest BCUT2D eigenvalue weighted by molar-refractivity contribution is 5.71. The SMILES string of the molecule is CCCCCCCCCC/C=C\CCCCCCCCCCCCCC(=O)OC(COC(=O)CCCCCCCCCCC)COC(=O)CCCCCCCCCCCCCCCCCCCCCCCCCCCCC. The van der Waals surface area contributed by atoms with E-state index in [1.807, 2.05) is 0 Å². The van der Waals surface area contributed by atoms with Gasteiger partial charge in [0.2, 0.25) is 0 Å². The molecule has 6 heteroatoms. The standard InChI is InChI=1S/C71H136O6/c1-4-7-10-13-16-19-21-23-25-27-29-31-33-34-35-36-38-39-41-43-45-47-49-52-55-58-61-64-70(73)76-67-68(66-75-69(72)63-60-57-54-51-18-15-12-9-6-3)77-71(74)65-62-59-56-53-50-48-46-44-42-40-37-32-30-28-26-24-22-20-17-14-11-8-5-2/h28,30,68H,4-27,29,31-67H2,1-3H3/b30-28-. The molecule has 0 aromatic heterocycles. The van der Waals surface area contributed by atoms with E-state index >= 15 is 0 Å². The topological polar surface area (TPSA) is 78.9 Å². The summed E-state index contributed by atoms with van der Waals surface area (Å²) < 4.78 is 16.9. The van der Waals surface area contributed by atoms with Gasteiger partial charge in [-0.2, -0.15) is 0 Å². The molecule has 0 aliphatic carbocycles. The maximum Gasteiger partial charge on any atom is 0.306 e. The first kappa shape index (κ1) is 75.2. The van der Waals surface area contributed by atoms with E-state index in [-0.39, 0.29) is 31.1 Å². The van der Waals surface area contributed by atoms with Gasteiger partial charge in [0.25, 0.3) is 0 Å². The molecule has 0 bridgehead atoms. The van der Waals surface area contributed by atoms with Crippen LogP contribution in [0.4, 0.5) is 0 Å². The Bertz CT molecular complexity index is 1200. The van der Waals surface area contributed by atoms with Crippen LogP contribution in [-0.2, 0) is 28.6 Å². The summed E-state index contributed by atoms with van der Waals surface area (Å²) in [6.07, 6.45) is 79.8. The van der Waals surface area contributed by atoms with Crippen molar-refractivity contribution in [1.82, 2.24) is 0 Å². The molecule has 0 aliphatic rings. The van der Waals surface area contributed by atoms with Crippen LogP contribution in [0.5, 0.6) is 0 Å². The fourth-order valence-electron chi connectivity index (χ4n) is 11.0. The van der Waals surface area contributed by atoms with Crippen LogP contribution in [0.2, 0.25) is 0 Å². The average molecular weight is 1090 g/mol. The first-order chi connectivity index (χ1) is 38.0. The lowest BCUT2D eigenvalue weighted by molar-refractivity contribution is -0.167. The highest BCUT2D eigenvalue weighted by Gasteiger charge is 2.19. The van der Waals surface area contributed by atoms with Crippen molar-refractivity contribution < 1.29 is 28.6 Å². The van der Waals surface area contributed by atoms with Gasteiger partial charge < -0.3 is 14.2 Å². The Balaban J connectivity index is 4.08. The molecule has 0 saturated heterocycles. The van der Waals surface area contributed by atoms with E-state index in [0.29, 0.717) is 19.3 Å². The molecule has 1 unspecified atom stereocenters. The summed E-state index contributed by atoms with van der Waals surface area (Å²) in [4.78, 5) is 38.3. The molecule has 0 rings (SSSR count). The number of esters is 3. The summed E-state index contributed by atoms with van der Waals surface area (Å²) in [6.45, 7) is 6.70. The van der Waals surface area contributed by atoms with Gasteiger partial charge in [-0.3, -0.25) is 14.4 Å². The number of hydrogen-bond acceptors (Lipinski definition) is 6. The number of ether oxygens (including phenoxy) is 3. The van der Waals surface area contributed by atoms with Gasteiger partial charge in [0.15, 0.2) is 6.10 Å². The predicted octanol–water partition coefficient (Wildman–Crippen LogP) is 24.0. The van der Waals surface area contributed by atoms with Crippen molar-refractivity contribution in [2.45, 2.75) is 412 Å². The molecule has 0 heterocycles. The fourth-order valence-corrected chi connectivity index (χ4v) is 11.0. The van der Waals surface area contributed by atoms with Crippen molar-refractivity contribution in [2.75, 3.05) is 13.2 Å². The maximum absolute atomic E-state index is 12.9. The minimum absolute atomic E-state index is 0.0636. The summed E-state index contributed by atoms with van der Waals surface area (Å²) in [5, 5.41) is 0. The van der Waals surface area contributed by atoms with Crippen molar-refractivity contribution in [2.24, 2.45) is 0 Å². The molecule has 0 spiro atoms. The van der Waals surface area contributed by atoms with Gasteiger partial charge >= 0.3 is 17.9 Å². The van der Waals surface area contributed by atoms with Crippen molar-refractivity contribution in [3.63, 3.8) is 0 Å². The molecule has 0 aliphatic heterocycles. The molecule has 0 amide bonds. The predicted molar refractivity (Wildman–Crippen MR) is 335 cm³/mol. The second kappa shape index (κ2) is 66.7. The third-order valence-electron chi connectivity index (χ3n) is 16.3. The van der Waals surface area contributed by atoms with Gasteiger partial charge in [-0.25, -0.2) is 0 Å². The normalized spacial score (nSPS) is 12.0. The third-order valence-corrected chi connectivity index (χ3v) is 16.3. The van der Waals surface area contributed by atoms with Gasteiger partial charge in [-0.05, 0) is 44.9 Å². The van der Waals surface area contributed by atoms with Gasteiger partial charge in [0.1, 0.15) is 13.2 Å². The Kier molecular flexibility index (Phi) is 65.1. The zero-order chi connectivity index (χ0) is 55.7. The summed E-state index contributed by atoms with van der Waals surface area (Å²) >= 11 is 0. The van der Waals surface area contributed by atoms with Crippen LogP contribution in [0.25, 0.3) is 0 Å². The van der Waals surface area contributed by atoms with E-state index in [2.05, 4.69) is 32.9 Å². The molecule has 0 radical (unpaired) electrons. The Morgan fingerprint density at radius 2 is 0.429 bits per heavy atom. The molecule has 1 atom stereocenters. The van der Waals surface area contributed by atoms with E-state index in [9.17, 15) is 14.4 Å². The van der Waals surface area contributed by atoms with E-state index in [4.69, 9.17) is 14.2 Å². The number of hydrogen-bond donors (Lipinski definition) is 0. The lowest BCUT2D eigenvalue weighted by Gasteiger charge is -2.18. The molecule has 456 valence electrons. The summed E-state index contributed by atoms with van der Waals surface area (Å²) in [5.74, 6) is -0.835. The van der Waals surface area contributed by atoms with E-state index in [1.54, 1.807) is 0 Å². The minimum atomic E-state index is -0.765. The zero-order valence-electron chi connectivity index (χ0n) is 52.5. The molecule has 0 aromatic rings. The van der Waals surface area contributed by atoms with Gasteiger partial charge in [0.05, 0.1) is 0 Å². The quantitative estimate of drug-likeness (QED) is 0.0261. The lowest BCUT2D eigenvalue weighted by Crippen LogP contribution is -2.30. The smallest absolute Gasteiger partial charge is 0.306 e. The third kappa shape index (κ3) is 64.9. The molecule has 0 saturated carbocycles. The number of allylic oxidation sites excluding steroid dienone is 2. The van der Waals surface area contributed by atoms with Crippen molar-refractivity contribution in [1.29, 1.82) is 0 Å². The van der Waals surface area contributed by atoms with Crippen LogP contribution in [0.1, 0.15) is 406 Å². The fraction of sp³-hybridized carbons (Fsp3) is 0.930. The number of rotatable bonds is 66. The van der Waals surface area contributed by atoms with Crippen molar-refractivity contribution in [3.8, 4) is 0 Å². The van der Waals surface area contributed by atoms with E-state index in [0.717, 1.165) is 57.8 Å². The van der Waals surface area contributed by atoms with Crippen LogP contribution >= 0.6 is 0 Å². The summed E-state index contributed by atoms with van der Waals surface area (Å²) in [6, 6.07) is 0. The monoisotopic (exact) mass is 1090 g/mol. The van der Waals surface area contributed by atoms with E-state index < -0.39 is 6.10 Å². The molecule has 0 aromatic carbocycles. The van der Waals surface area contributed by atoms with Crippen molar-refractivity contribution in [3.05, 3.63) is 12.2 Å². The summed E-state index contributed by atoms with van der Waals surface area (Å²) in [5.41, 5.74) is 0. The second-order valence-electron chi connectivity index (χ2n) is 24.2. The Morgan fingerprint density at radius 3 is 0.649 bits per heavy atom. The molecule has 77 heavy (non-hydrogen) atoms. The highest BCUT2D eigenvalue weighted by Crippen LogP contribution is 2.19. The lowest BCUT2D eigenvalue weighted by atomic mass is 10.0. The Labute approximate surface area is 481 Å². The van der Waals surface area contributed by atoms with Crippen LogP contribution in [-0.4, -0.2) is 37.2 Å². The molecule has 6 nitrogen and oxygen atoms in total. The van der Waals surface area contributed by atoms with Crippen molar-refractivity contribution >= 4 is 17.9 Å². The number of carbonyl (C=O) groups excluding carboxylic acids is 3. The number of unbranched alkanes of at least 4 members (excludes halogenated alkanes) is 53. The average Bonchev–Trinajstić information content (AvgIpc) is 3.43. The minimum Gasteiger partial charge on any atom is -0.462 e. The molecule has 0 fully saturated rings. The molecular formula is C71H136O6. The largest absolute Gasteiger partial charge is 0.462 e. The van der Waals surface area contributed by atoms with Gasteiger partial charge in [0, 0.05) is 19.3 Å². The maximum atomic E-state index is 12.9. The van der Waals surface area contributed by atoms with Crippen LogP contribution < -0.4 is 0 Å². The first-order valence-corrected chi connectivity index (χ1v) is 35.2. The number of carbonyl (C=O) groups is 3. The van der Waals surface area contributed by atoms with Crippen LogP contribution in [0, 0.1) is 0 Å². The zero-order valence-corrected chi connectivity index (χ0v) is 52.5.